The van der Waals surface area contributed by atoms with Gasteiger partial charge in [-0.1, -0.05) is 44.2 Å². The first kappa shape index (κ1) is 19.2. The van der Waals surface area contributed by atoms with Crippen LogP contribution in [0.1, 0.15) is 57.4 Å². The van der Waals surface area contributed by atoms with E-state index in [1.165, 1.54) is 44.9 Å². The predicted octanol–water partition coefficient (Wildman–Crippen LogP) is 3.04. The first-order valence-electron chi connectivity index (χ1n) is 10.8. The van der Waals surface area contributed by atoms with E-state index in [1.54, 1.807) is 4.57 Å². The van der Waals surface area contributed by atoms with Crippen LogP contribution in [0, 0.1) is 11.8 Å². The van der Waals surface area contributed by atoms with Crippen molar-refractivity contribution in [1.82, 2.24) is 14.5 Å². The standard InChI is InChI=1S/C22H32N4O2/c23-21(27)17-15-25(14-16-8-4-2-1-3-5-9-16)13-12-19(17)26-20-11-7-6-10-18(20)24-22(26)28/h6-7,10-11,16-17,19H,1-5,8-9,12-15H2,(H2,23,27)(H,24,28). The molecule has 1 saturated heterocycles. The summed E-state index contributed by atoms with van der Waals surface area (Å²) in [4.78, 5) is 30.3. The van der Waals surface area contributed by atoms with Crippen molar-refractivity contribution in [2.24, 2.45) is 17.6 Å². The van der Waals surface area contributed by atoms with Gasteiger partial charge in [-0.25, -0.2) is 4.79 Å². The van der Waals surface area contributed by atoms with E-state index >= 15 is 0 Å². The Morgan fingerprint density at radius 2 is 1.79 bits per heavy atom. The molecule has 1 saturated carbocycles. The van der Waals surface area contributed by atoms with Crippen LogP contribution in [0.2, 0.25) is 0 Å². The van der Waals surface area contributed by atoms with Gasteiger partial charge >= 0.3 is 5.69 Å². The normalized spacial score (nSPS) is 25.4. The maximum absolute atomic E-state index is 12.6. The van der Waals surface area contributed by atoms with Gasteiger partial charge in [0.2, 0.25) is 5.91 Å². The van der Waals surface area contributed by atoms with E-state index in [-0.39, 0.29) is 23.6 Å². The Balaban J connectivity index is 1.51. The van der Waals surface area contributed by atoms with E-state index in [0.29, 0.717) is 6.54 Å². The minimum Gasteiger partial charge on any atom is -0.369 e. The van der Waals surface area contributed by atoms with Crippen LogP contribution in [0.5, 0.6) is 0 Å². The number of H-pyrrole nitrogens is 1. The third-order valence-corrected chi connectivity index (χ3v) is 6.72. The Bertz CT molecular complexity index is 863. The summed E-state index contributed by atoms with van der Waals surface area (Å²) < 4.78 is 1.76. The molecule has 1 aliphatic heterocycles. The van der Waals surface area contributed by atoms with E-state index in [2.05, 4.69) is 9.88 Å². The summed E-state index contributed by atoms with van der Waals surface area (Å²) in [6.45, 7) is 2.62. The summed E-state index contributed by atoms with van der Waals surface area (Å²) in [6.07, 6.45) is 10.1. The largest absolute Gasteiger partial charge is 0.369 e. The first-order valence-corrected chi connectivity index (χ1v) is 10.8. The molecule has 1 amide bonds. The summed E-state index contributed by atoms with van der Waals surface area (Å²) >= 11 is 0. The van der Waals surface area contributed by atoms with E-state index in [9.17, 15) is 9.59 Å². The molecule has 6 nitrogen and oxygen atoms in total. The Hall–Kier alpha value is -2.08. The van der Waals surface area contributed by atoms with Gasteiger partial charge in [0.25, 0.3) is 0 Å². The van der Waals surface area contributed by atoms with Gasteiger partial charge in [0, 0.05) is 19.6 Å². The number of nitrogens with one attached hydrogen (secondary N) is 1. The maximum Gasteiger partial charge on any atom is 0.326 e. The van der Waals surface area contributed by atoms with Gasteiger partial charge in [0.1, 0.15) is 0 Å². The van der Waals surface area contributed by atoms with Gasteiger partial charge in [0.15, 0.2) is 0 Å². The van der Waals surface area contributed by atoms with Gasteiger partial charge < -0.3 is 15.6 Å². The highest BCUT2D eigenvalue weighted by Gasteiger charge is 2.36. The second-order valence-corrected chi connectivity index (χ2v) is 8.65. The number of benzene rings is 1. The van der Waals surface area contributed by atoms with Crippen molar-refractivity contribution in [3.05, 3.63) is 34.7 Å². The first-order chi connectivity index (χ1) is 13.6. The van der Waals surface area contributed by atoms with Crippen molar-refractivity contribution in [3.8, 4) is 0 Å². The number of carbonyl (C=O) groups excluding carboxylic acids is 1. The summed E-state index contributed by atoms with van der Waals surface area (Å²) in [5.74, 6) is 0.0879. The fraction of sp³-hybridized carbons (Fsp3) is 0.636. The maximum atomic E-state index is 12.6. The molecular weight excluding hydrogens is 352 g/mol. The van der Waals surface area contributed by atoms with Gasteiger partial charge in [0.05, 0.1) is 23.0 Å². The van der Waals surface area contributed by atoms with Gasteiger partial charge in [-0.2, -0.15) is 0 Å². The SMILES string of the molecule is NC(=O)C1CN(CC2CCCCCCC2)CCC1n1c(=O)[nH]c2ccccc21. The van der Waals surface area contributed by atoms with E-state index in [0.717, 1.165) is 36.5 Å². The molecule has 28 heavy (non-hydrogen) atoms. The second kappa shape index (κ2) is 8.52. The molecule has 1 aromatic heterocycles. The lowest BCUT2D eigenvalue weighted by atomic mass is 9.87. The van der Waals surface area contributed by atoms with E-state index < -0.39 is 0 Å². The summed E-state index contributed by atoms with van der Waals surface area (Å²) in [6, 6.07) is 7.50. The number of aromatic nitrogens is 2. The molecule has 1 aliphatic carbocycles. The second-order valence-electron chi connectivity index (χ2n) is 8.65. The number of primary amides is 1. The highest BCUT2D eigenvalue weighted by molar-refractivity contribution is 5.79. The van der Waals surface area contributed by atoms with Crippen molar-refractivity contribution in [2.45, 2.75) is 57.4 Å². The smallest absolute Gasteiger partial charge is 0.326 e. The Kier molecular flexibility index (Phi) is 5.85. The fourth-order valence-corrected chi connectivity index (χ4v) is 5.25. The molecule has 0 spiro atoms. The number of imidazole rings is 1. The average molecular weight is 385 g/mol. The lowest BCUT2D eigenvalue weighted by Crippen LogP contribution is -2.49. The molecule has 6 heteroatoms. The summed E-state index contributed by atoms with van der Waals surface area (Å²) in [5.41, 5.74) is 7.33. The average Bonchev–Trinajstić information content (AvgIpc) is 2.99. The highest BCUT2D eigenvalue weighted by atomic mass is 16.2. The number of carbonyl (C=O) groups is 1. The predicted molar refractivity (Wildman–Crippen MR) is 111 cm³/mol. The number of piperidine rings is 1. The minimum absolute atomic E-state index is 0.147. The Labute approximate surface area is 166 Å². The number of rotatable bonds is 4. The molecule has 2 unspecified atom stereocenters. The number of fused-ring (bicyclic) bond motifs is 1. The third-order valence-electron chi connectivity index (χ3n) is 6.72. The van der Waals surface area contributed by atoms with Crippen molar-refractivity contribution < 1.29 is 4.79 Å². The number of hydrogen-bond acceptors (Lipinski definition) is 3. The third kappa shape index (κ3) is 4.02. The molecule has 3 N–H and O–H groups in total. The van der Waals surface area contributed by atoms with Crippen LogP contribution in [0.25, 0.3) is 11.0 Å². The molecule has 152 valence electrons. The van der Waals surface area contributed by atoms with Gasteiger partial charge in [-0.05, 0) is 37.3 Å². The zero-order valence-electron chi connectivity index (χ0n) is 16.6. The zero-order chi connectivity index (χ0) is 19.5. The van der Waals surface area contributed by atoms with Crippen LogP contribution in [-0.2, 0) is 4.79 Å². The zero-order valence-corrected chi connectivity index (χ0v) is 16.6. The number of amides is 1. The molecule has 2 heterocycles. The van der Waals surface area contributed by atoms with Crippen LogP contribution in [-0.4, -0.2) is 40.0 Å². The molecule has 2 aliphatic rings. The monoisotopic (exact) mass is 384 g/mol. The Morgan fingerprint density at radius 3 is 2.54 bits per heavy atom. The molecule has 0 radical (unpaired) electrons. The molecule has 4 rings (SSSR count). The molecule has 2 aromatic rings. The molecule has 2 atom stereocenters. The van der Waals surface area contributed by atoms with Crippen molar-refractivity contribution in [1.29, 1.82) is 0 Å². The molecule has 0 bridgehead atoms. The molecule has 2 fully saturated rings. The van der Waals surface area contributed by atoms with Gasteiger partial charge in [-0.3, -0.25) is 9.36 Å². The summed E-state index contributed by atoms with van der Waals surface area (Å²) in [5, 5.41) is 0. The lowest BCUT2D eigenvalue weighted by Gasteiger charge is -2.39. The van der Waals surface area contributed by atoms with Crippen LogP contribution < -0.4 is 11.4 Å². The Morgan fingerprint density at radius 1 is 1.07 bits per heavy atom. The summed E-state index contributed by atoms with van der Waals surface area (Å²) in [7, 11) is 0. The van der Waals surface area contributed by atoms with Crippen LogP contribution in [0.3, 0.4) is 0 Å². The van der Waals surface area contributed by atoms with Crippen molar-refractivity contribution in [3.63, 3.8) is 0 Å². The van der Waals surface area contributed by atoms with Gasteiger partial charge in [-0.15, -0.1) is 0 Å². The topological polar surface area (TPSA) is 84.1 Å². The fourth-order valence-electron chi connectivity index (χ4n) is 5.25. The number of para-hydroxylation sites is 2. The molecular formula is C22H32N4O2. The van der Waals surface area contributed by atoms with E-state index in [1.807, 2.05) is 24.3 Å². The van der Waals surface area contributed by atoms with Crippen molar-refractivity contribution in [2.75, 3.05) is 19.6 Å². The van der Waals surface area contributed by atoms with Crippen LogP contribution in [0.4, 0.5) is 0 Å². The lowest BCUT2D eigenvalue weighted by molar-refractivity contribution is -0.125. The van der Waals surface area contributed by atoms with Crippen molar-refractivity contribution >= 4 is 16.9 Å². The minimum atomic E-state index is -0.334. The number of nitrogens with zero attached hydrogens (tertiary/aromatic N) is 2. The number of nitrogens with two attached hydrogens (primary N) is 1. The van der Waals surface area contributed by atoms with Crippen LogP contribution in [0.15, 0.2) is 29.1 Å². The number of hydrogen-bond donors (Lipinski definition) is 2. The number of likely N-dealkylation sites (tertiary alicyclic amines) is 1. The number of aromatic amines is 1. The highest BCUT2D eigenvalue weighted by Crippen LogP contribution is 2.31. The van der Waals surface area contributed by atoms with E-state index in [4.69, 9.17) is 5.73 Å². The quantitative estimate of drug-likeness (QED) is 0.850. The molecule has 1 aromatic carbocycles. The van der Waals surface area contributed by atoms with Crippen LogP contribution >= 0.6 is 0 Å².